The number of benzene rings is 1. The van der Waals surface area contributed by atoms with Gasteiger partial charge >= 0.3 is 5.97 Å². The Bertz CT molecular complexity index is 776. The van der Waals surface area contributed by atoms with Crippen LogP contribution in [0.1, 0.15) is 51.4 Å². The van der Waals surface area contributed by atoms with E-state index in [-0.39, 0.29) is 11.4 Å². The molecule has 2 heterocycles. The molecule has 1 aromatic carbocycles. The normalized spacial score (nSPS) is 15.8. The highest BCUT2D eigenvalue weighted by Crippen LogP contribution is 2.41. The molecule has 1 aliphatic rings. The molecule has 0 saturated carbocycles. The van der Waals surface area contributed by atoms with Crippen molar-refractivity contribution in [2.45, 2.75) is 46.5 Å². The third kappa shape index (κ3) is 3.68. The van der Waals surface area contributed by atoms with Gasteiger partial charge in [0.1, 0.15) is 0 Å². The number of carbonyl (C=O) groups is 1. The largest absolute Gasteiger partial charge is 0.340 e. The van der Waals surface area contributed by atoms with Gasteiger partial charge in [0.15, 0.2) is 0 Å². The van der Waals surface area contributed by atoms with Crippen molar-refractivity contribution >= 4 is 11.7 Å². The van der Waals surface area contributed by atoms with Crippen LogP contribution in [0.3, 0.4) is 0 Å². The van der Waals surface area contributed by atoms with E-state index in [9.17, 15) is 4.79 Å². The molecule has 1 aliphatic heterocycles. The van der Waals surface area contributed by atoms with Crippen molar-refractivity contribution in [3.63, 3.8) is 0 Å². The van der Waals surface area contributed by atoms with Crippen LogP contribution in [0.15, 0.2) is 42.6 Å². The summed E-state index contributed by atoms with van der Waals surface area (Å²) in [5.74, 6) is -0.224. The first-order chi connectivity index (χ1) is 11.7. The van der Waals surface area contributed by atoms with Crippen LogP contribution >= 0.6 is 0 Å². The third-order valence-electron chi connectivity index (χ3n) is 4.51. The summed E-state index contributed by atoms with van der Waals surface area (Å²) in [6, 6.07) is 12.3. The lowest BCUT2D eigenvalue weighted by Crippen LogP contribution is -2.35. The van der Waals surface area contributed by atoms with Crippen molar-refractivity contribution in [2.24, 2.45) is 5.41 Å². The van der Waals surface area contributed by atoms with E-state index in [0.29, 0.717) is 6.54 Å². The number of hydrogen-bond donors (Lipinski definition) is 0. The molecule has 0 unspecified atom stereocenters. The summed E-state index contributed by atoms with van der Waals surface area (Å²) < 4.78 is 0. The molecule has 0 N–H and O–H groups in total. The summed E-state index contributed by atoms with van der Waals surface area (Å²) in [4.78, 5) is 22.7. The molecule has 0 amide bonds. The van der Waals surface area contributed by atoms with E-state index in [2.05, 4.69) is 31.0 Å². The minimum atomic E-state index is -0.535. The molecule has 0 saturated heterocycles. The SMILES string of the molecule is CC(C)(C)C(=O)ON1CC(C)(C)c2cnc(Cc3ccccc3)cc21. The van der Waals surface area contributed by atoms with Crippen molar-refractivity contribution in [1.29, 1.82) is 0 Å². The molecule has 0 bridgehead atoms. The fraction of sp³-hybridized carbons (Fsp3) is 0.429. The molecule has 132 valence electrons. The second-order valence-electron chi connectivity index (χ2n) is 8.40. The molecule has 25 heavy (non-hydrogen) atoms. The van der Waals surface area contributed by atoms with E-state index in [1.807, 2.05) is 51.2 Å². The van der Waals surface area contributed by atoms with Gasteiger partial charge in [-0.15, -0.1) is 0 Å². The summed E-state index contributed by atoms with van der Waals surface area (Å²) in [5.41, 5.74) is 3.61. The van der Waals surface area contributed by atoms with Gasteiger partial charge in [-0.05, 0) is 32.4 Å². The van der Waals surface area contributed by atoms with Crippen molar-refractivity contribution in [3.05, 3.63) is 59.4 Å². The van der Waals surface area contributed by atoms with E-state index in [0.717, 1.165) is 23.4 Å². The van der Waals surface area contributed by atoms with E-state index in [1.54, 1.807) is 5.06 Å². The third-order valence-corrected chi connectivity index (χ3v) is 4.51. The minimum absolute atomic E-state index is 0.105. The van der Waals surface area contributed by atoms with Gasteiger partial charge in [0.25, 0.3) is 0 Å². The van der Waals surface area contributed by atoms with Crippen molar-refractivity contribution in [2.75, 3.05) is 11.6 Å². The number of aromatic nitrogens is 1. The monoisotopic (exact) mass is 338 g/mol. The lowest BCUT2D eigenvalue weighted by atomic mass is 9.88. The van der Waals surface area contributed by atoms with Crippen LogP contribution in [0.4, 0.5) is 5.69 Å². The summed E-state index contributed by atoms with van der Waals surface area (Å²) in [5, 5.41) is 1.74. The molecule has 0 radical (unpaired) electrons. The Morgan fingerprint density at radius 2 is 1.92 bits per heavy atom. The molecule has 4 nitrogen and oxygen atoms in total. The molecular formula is C21H26N2O2. The standard InChI is InChI=1S/C21H26N2O2/c1-20(2,3)19(24)25-23-14-21(4,5)17-13-22-16(12-18(17)23)11-15-9-7-6-8-10-15/h6-10,12-13H,11,14H2,1-5H3. The highest BCUT2D eigenvalue weighted by molar-refractivity contribution is 5.77. The van der Waals surface area contributed by atoms with Crippen LogP contribution in [0.2, 0.25) is 0 Å². The predicted molar refractivity (Wildman–Crippen MR) is 99.4 cm³/mol. The van der Waals surface area contributed by atoms with Gasteiger partial charge < -0.3 is 4.84 Å². The number of anilines is 1. The maximum absolute atomic E-state index is 12.3. The Labute approximate surface area is 149 Å². The fourth-order valence-corrected chi connectivity index (χ4v) is 2.96. The summed E-state index contributed by atoms with van der Waals surface area (Å²) >= 11 is 0. The first kappa shape index (κ1) is 17.5. The van der Waals surface area contributed by atoms with Gasteiger partial charge in [0.05, 0.1) is 17.6 Å². The van der Waals surface area contributed by atoms with E-state index >= 15 is 0 Å². The van der Waals surface area contributed by atoms with E-state index in [1.165, 1.54) is 5.56 Å². The number of hydroxylamine groups is 1. The van der Waals surface area contributed by atoms with E-state index in [4.69, 9.17) is 4.84 Å². The Balaban J connectivity index is 1.89. The average Bonchev–Trinajstić information content (AvgIpc) is 2.78. The quantitative estimate of drug-likeness (QED) is 0.838. The smallest absolute Gasteiger partial charge is 0.337 e. The molecule has 0 fully saturated rings. The van der Waals surface area contributed by atoms with Crippen LogP contribution in [-0.4, -0.2) is 17.5 Å². The minimum Gasteiger partial charge on any atom is -0.340 e. The molecular weight excluding hydrogens is 312 g/mol. The van der Waals surface area contributed by atoms with E-state index < -0.39 is 5.41 Å². The van der Waals surface area contributed by atoms with Crippen LogP contribution in [0, 0.1) is 5.41 Å². The van der Waals surface area contributed by atoms with Crippen molar-refractivity contribution in [1.82, 2.24) is 4.98 Å². The number of nitrogens with zero attached hydrogens (tertiary/aromatic N) is 2. The average molecular weight is 338 g/mol. The van der Waals surface area contributed by atoms with Crippen molar-refractivity contribution in [3.8, 4) is 0 Å². The summed E-state index contributed by atoms with van der Waals surface area (Å²) in [6.07, 6.45) is 2.69. The summed E-state index contributed by atoms with van der Waals surface area (Å²) in [6.45, 7) is 10.5. The molecule has 2 aromatic rings. The molecule has 3 rings (SSSR count). The summed E-state index contributed by atoms with van der Waals surface area (Å²) in [7, 11) is 0. The number of rotatable bonds is 3. The van der Waals surface area contributed by atoms with Crippen molar-refractivity contribution < 1.29 is 9.63 Å². The molecule has 4 heteroatoms. The zero-order chi connectivity index (χ0) is 18.2. The van der Waals surface area contributed by atoms with Gasteiger partial charge in [0, 0.05) is 29.3 Å². The lowest BCUT2D eigenvalue weighted by molar-refractivity contribution is -0.154. The Hall–Kier alpha value is -2.36. The Morgan fingerprint density at radius 3 is 2.56 bits per heavy atom. The topological polar surface area (TPSA) is 42.4 Å². The molecule has 0 aliphatic carbocycles. The molecule has 1 aromatic heterocycles. The fourth-order valence-electron chi connectivity index (χ4n) is 2.96. The number of fused-ring (bicyclic) bond motifs is 1. The van der Waals surface area contributed by atoms with Gasteiger partial charge in [-0.3, -0.25) is 4.98 Å². The number of pyridine rings is 1. The van der Waals surface area contributed by atoms with Crippen LogP contribution in [0.5, 0.6) is 0 Å². The molecule has 0 spiro atoms. The number of hydrogen-bond acceptors (Lipinski definition) is 4. The second kappa shape index (κ2) is 6.17. The van der Waals surface area contributed by atoms with Gasteiger partial charge in [-0.1, -0.05) is 44.2 Å². The molecule has 0 atom stereocenters. The zero-order valence-corrected chi connectivity index (χ0v) is 15.7. The van der Waals surface area contributed by atoms with Gasteiger partial charge in [-0.2, -0.15) is 0 Å². The Kier molecular flexibility index (Phi) is 4.31. The van der Waals surface area contributed by atoms with Crippen LogP contribution in [0.25, 0.3) is 0 Å². The number of carbonyl (C=O) groups excluding carboxylic acids is 1. The highest BCUT2D eigenvalue weighted by atomic mass is 16.7. The van der Waals surface area contributed by atoms with Gasteiger partial charge in [0.2, 0.25) is 0 Å². The first-order valence-electron chi connectivity index (χ1n) is 8.70. The maximum atomic E-state index is 12.3. The lowest BCUT2D eigenvalue weighted by Gasteiger charge is -2.25. The Morgan fingerprint density at radius 1 is 1.24 bits per heavy atom. The maximum Gasteiger partial charge on any atom is 0.337 e. The highest BCUT2D eigenvalue weighted by Gasteiger charge is 2.39. The second-order valence-corrected chi connectivity index (χ2v) is 8.40. The predicted octanol–water partition coefficient (Wildman–Crippen LogP) is 4.27. The first-order valence-corrected chi connectivity index (χ1v) is 8.70. The zero-order valence-electron chi connectivity index (χ0n) is 15.7. The van der Waals surface area contributed by atoms with Crippen LogP contribution in [-0.2, 0) is 21.5 Å². The van der Waals surface area contributed by atoms with Crippen LogP contribution < -0.4 is 5.06 Å². The van der Waals surface area contributed by atoms with Gasteiger partial charge in [-0.25, -0.2) is 9.86 Å².